The van der Waals surface area contributed by atoms with E-state index in [0.717, 1.165) is 0 Å². The predicted octanol–water partition coefficient (Wildman–Crippen LogP) is 4.99. The summed E-state index contributed by atoms with van der Waals surface area (Å²) in [5, 5.41) is 9.16. The van der Waals surface area contributed by atoms with Gasteiger partial charge in [0.15, 0.2) is 4.32 Å². The van der Waals surface area contributed by atoms with E-state index in [-0.39, 0.29) is 4.83 Å². The third-order valence-corrected chi connectivity index (χ3v) is 14.1. The number of hydrogen-bond donors (Lipinski definition) is 0. The normalized spacial score (nSPS) is 45.9. The molecule has 0 spiro atoms. The van der Waals surface area contributed by atoms with Crippen LogP contribution < -0.4 is 0 Å². The Hall–Kier alpha value is 2.36. The monoisotopic (exact) mass is 623 g/mol. The van der Waals surface area contributed by atoms with Crippen molar-refractivity contribution in [2.24, 2.45) is 0 Å². The van der Waals surface area contributed by atoms with E-state index in [9.17, 15) is 0 Å². The van der Waals surface area contributed by atoms with Crippen molar-refractivity contribution in [1.29, 1.82) is 5.26 Å². The molecule has 3 atom stereocenters. The second-order valence-electron chi connectivity index (χ2n) is 2.78. The van der Waals surface area contributed by atoms with Crippen molar-refractivity contribution in [3.63, 3.8) is 0 Å². The molecule has 0 aromatic rings. The van der Waals surface area contributed by atoms with Crippen LogP contribution in [0.1, 0.15) is 0 Å². The first-order valence-corrected chi connectivity index (χ1v) is 8.55. The van der Waals surface area contributed by atoms with Gasteiger partial charge in [-0.3, -0.25) is 0 Å². The van der Waals surface area contributed by atoms with Gasteiger partial charge in [0.1, 0.15) is 5.56 Å². The summed E-state index contributed by atoms with van der Waals surface area (Å²) in [7, 11) is 0. The maximum Gasteiger partial charge on any atom is 0.156 e. The zero-order valence-corrected chi connectivity index (χ0v) is 16.5. The molecule has 0 aromatic heterocycles. The van der Waals surface area contributed by atoms with E-state index in [1.54, 1.807) is 0 Å². The molecule has 0 fully saturated rings. The van der Waals surface area contributed by atoms with Crippen molar-refractivity contribution >= 4 is 102 Å². The molecule has 0 bridgehead atoms. The largest absolute Gasteiger partial charge is 0.196 e. The zero-order chi connectivity index (χ0) is 11.2. The average Bonchev–Trinajstić information content (AvgIpc) is 2.10. The van der Waals surface area contributed by atoms with Crippen LogP contribution in [0.2, 0.25) is 0 Å². The predicted molar refractivity (Wildman–Crippen MR) is 85.4 cm³/mol. The van der Waals surface area contributed by atoms with Crippen molar-refractivity contribution in [3.05, 3.63) is 12.2 Å². The Morgan fingerprint density at radius 3 is 2.21 bits per heavy atom. The Bertz CT molecular complexity index is 321. The maximum atomic E-state index is 9.16. The van der Waals surface area contributed by atoms with Gasteiger partial charge in [-0.2, -0.15) is 5.26 Å². The first-order chi connectivity index (χ1) is 6.19. The van der Waals surface area contributed by atoms with E-state index >= 15 is 0 Å². The van der Waals surface area contributed by atoms with Crippen LogP contribution in [-0.4, -0.2) is 14.7 Å². The van der Waals surface area contributed by atoms with Crippen LogP contribution in [0, 0.1) is 11.3 Å². The summed E-state index contributed by atoms with van der Waals surface area (Å²) in [6.07, 6.45) is 3.77. The Balaban J connectivity index is 3.33. The van der Waals surface area contributed by atoms with Crippen LogP contribution in [0.3, 0.4) is 0 Å². The highest BCUT2D eigenvalue weighted by molar-refractivity contribution is 14.1. The van der Waals surface area contributed by atoms with Crippen LogP contribution in [0.4, 0.5) is 0 Å². The van der Waals surface area contributed by atoms with Gasteiger partial charge in [0.25, 0.3) is 0 Å². The fourth-order valence-electron chi connectivity index (χ4n) is 0.966. The second kappa shape index (κ2) is 4.56. The summed E-state index contributed by atoms with van der Waals surface area (Å²) in [5.74, 6) is 0. The molecule has 0 radical (unpaired) electrons. The summed E-state index contributed by atoms with van der Waals surface area (Å²) in [6, 6.07) is 2.24. The molecular formula is C7H3Br5IN. The highest BCUT2D eigenvalue weighted by atomic mass is 127. The minimum absolute atomic E-state index is 0.0882. The van der Waals surface area contributed by atoms with Gasteiger partial charge in [0.2, 0.25) is 0 Å². The molecule has 14 heavy (non-hydrogen) atoms. The van der Waals surface area contributed by atoms with E-state index in [4.69, 9.17) is 5.26 Å². The van der Waals surface area contributed by atoms with Crippen LogP contribution in [0.5, 0.6) is 0 Å². The molecule has 0 amide bonds. The fourth-order valence-corrected chi connectivity index (χ4v) is 5.23. The number of halogens is 6. The lowest BCUT2D eigenvalue weighted by Gasteiger charge is -2.46. The summed E-state index contributed by atoms with van der Waals surface area (Å²) in [5.41, 5.74) is 0. The summed E-state index contributed by atoms with van der Waals surface area (Å²) in [4.78, 5) is 0.0882. The molecule has 0 heterocycles. The SMILES string of the molecule is N#CC1(Br)C=CC(Br)C(Br)(Br)C1(Br)I. The van der Waals surface area contributed by atoms with Crippen molar-refractivity contribution < 1.29 is 0 Å². The third kappa shape index (κ3) is 2.05. The standard InChI is InChI=1S/C7H3Br5IN/c8-4-1-2-5(9,3-14)7(12,13)6(4,10)11/h1-2,4H. The second-order valence-corrected chi connectivity index (χ2v) is 12.9. The Morgan fingerprint density at radius 1 is 1.29 bits per heavy atom. The molecule has 1 aliphatic carbocycles. The number of nitrogens with zero attached hydrogens (tertiary/aromatic N) is 1. The Morgan fingerprint density at radius 2 is 1.79 bits per heavy atom. The molecule has 0 saturated carbocycles. The van der Waals surface area contributed by atoms with Gasteiger partial charge in [-0.15, -0.1) is 0 Å². The van der Waals surface area contributed by atoms with Crippen LogP contribution in [0.15, 0.2) is 12.2 Å². The van der Waals surface area contributed by atoms with Crippen LogP contribution >= 0.6 is 102 Å². The van der Waals surface area contributed by atoms with Gasteiger partial charge in [-0.1, -0.05) is 114 Å². The van der Waals surface area contributed by atoms with Crippen LogP contribution in [-0.2, 0) is 0 Å². The summed E-state index contributed by atoms with van der Waals surface area (Å²) >= 11 is 19.9. The first kappa shape index (κ1) is 14.4. The Kier molecular flexibility index (Phi) is 4.70. The number of alkyl halides is 6. The first-order valence-electron chi connectivity index (χ1n) is 3.38. The third-order valence-electron chi connectivity index (χ3n) is 1.88. The van der Waals surface area contributed by atoms with Crippen molar-refractivity contribution in [1.82, 2.24) is 0 Å². The Labute approximate surface area is 138 Å². The van der Waals surface area contributed by atoms with E-state index in [2.05, 4.69) is 108 Å². The summed E-state index contributed by atoms with van der Waals surface area (Å²) < 4.78 is -1.71. The molecule has 7 heteroatoms. The summed E-state index contributed by atoms with van der Waals surface area (Å²) in [6.45, 7) is 0. The van der Waals surface area contributed by atoms with Gasteiger partial charge in [0, 0.05) is 0 Å². The lowest BCUT2D eigenvalue weighted by atomic mass is 9.96. The molecule has 0 N–H and O–H groups in total. The number of rotatable bonds is 0. The lowest BCUT2D eigenvalue weighted by molar-refractivity contribution is 0.702. The zero-order valence-electron chi connectivity index (χ0n) is 6.45. The van der Waals surface area contributed by atoms with E-state index in [0.29, 0.717) is 0 Å². The topological polar surface area (TPSA) is 23.8 Å². The van der Waals surface area contributed by atoms with Crippen LogP contribution in [0.25, 0.3) is 0 Å². The van der Waals surface area contributed by atoms with Gasteiger partial charge in [-0.05, 0) is 0 Å². The van der Waals surface area contributed by atoms with Gasteiger partial charge >= 0.3 is 0 Å². The molecule has 1 rings (SSSR count). The van der Waals surface area contributed by atoms with E-state index in [1.165, 1.54) is 0 Å². The minimum atomic E-state index is -0.752. The van der Waals surface area contributed by atoms with Gasteiger partial charge in [-0.25, -0.2) is 0 Å². The molecule has 78 valence electrons. The number of nitriles is 1. The fraction of sp³-hybridized carbons (Fsp3) is 0.571. The smallest absolute Gasteiger partial charge is 0.156 e. The van der Waals surface area contributed by atoms with Crippen molar-refractivity contribution in [2.75, 3.05) is 0 Å². The molecule has 1 nitrogen and oxygen atoms in total. The van der Waals surface area contributed by atoms with E-state index < -0.39 is 9.89 Å². The van der Waals surface area contributed by atoms with Gasteiger partial charge in [0.05, 0.1) is 10.9 Å². The molecule has 0 saturated heterocycles. The molecular weight excluding hydrogens is 625 g/mol. The molecule has 3 unspecified atom stereocenters. The van der Waals surface area contributed by atoms with Crippen molar-refractivity contribution in [2.45, 2.75) is 14.7 Å². The maximum absolute atomic E-state index is 9.16. The number of allylic oxidation sites excluding steroid dienone is 2. The molecule has 0 aliphatic heterocycles. The average molecular weight is 628 g/mol. The van der Waals surface area contributed by atoms with E-state index in [1.807, 2.05) is 12.2 Å². The minimum Gasteiger partial charge on any atom is -0.196 e. The number of hydrogen-bond acceptors (Lipinski definition) is 1. The van der Waals surface area contributed by atoms with Crippen molar-refractivity contribution in [3.8, 4) is 6.07 Å². The quantitative estimate of drug-likeness (QED) is 0.211. The lowest BCUT2D eigenvalue weighted by Crippen LogP contribution is -2.55. The highest BCUT2D eigenvalue weighted by Crippen LogP contribution is 2.63. The highest BCUT2D eigenvalue weighted by Gasteiger charge is 2.62. The molecule has 0 aromatic carbocycles. The van der Waals surface area contributed by atoms with Gasteiger partial charge < -0.3 is 0 Å². The molecule has 1 aliphatic rings.